The number of allylic oxidation sites excluding steroid dienone is 2. The van der Waals surface area contributed by atoms with Crippen LogP contribution in [-0.2, 0) is 22.9 Å². The molecule has 2 atom stereocenters. The van der Waals surface area contributed by atoms with Crippen LogP contribution >= 0.6 is 7.92 Å². The summed E-state index contributed by atoms with van der Waals surface area (Å²) in [4.78, 5) is 0. The molecule has 2 fully saturated rings. The maximum atomic E-state index is 2.74. The van der Waals surface area contributed by atoms with Crippen LogP contribution < -0.4 is 24.8 Å². The summed E-state index contributed by atoms with van der Waals surface area (Å²) in [6.45, 7) is 0. The molecule has 4 heteroatoms. The van der Waals surface area contributed by atoms with Crippen LogP contribution in [0.3, 0.4) is 0 Å². The Labute approximate surface area is 231 Å². The molecule has 0 aromatic heterocycles. The molecule has 4 aliphatic rings. The molecule has 0 spiro atoms. The Morgan fingerprint density at radius 3 is 1.85 bits per heavy atom. The molecule has 4 aliphatic carbocycles. The Morgan fingerprint density at radius 2 is 1.21 bits per heavy atom. The molecule has 0 nitrogen and oxygen atoms in total. The van der Waals surface area contributed by atoms with Crippen molar-refractivity contribution in [2.24, 2.45) is 0 Å². The van der Waals surface area contributed by atoms with Gasteiger partial charge in [0.2, 0.25) is 0 Å². The van der Waals surface area contributed by atoms with Gasteiger partial charge in [-0.1, -0.05) is 0 Å². The summed E-state index contributed by atoms with van der Waals surface area (Å²) in [5.74, 6) is 0. The minimum atomic E-state index is -0.998. The molecule has 34 heavy (non-hydrogen) atoms. The van der Waals surface area contributed by atoms with E-state index in [0.29, 0.717) is 0 Å². The van der Waals surface area contributed by atoms with Crippen LogP contribution in [0.1, 0.15) is 93.8 Å². The van der Waals surface area contributed by atoms with E-state index in [1.807, 2.05) is 5.31 Å². The number of hydrogen-bond acceptors (Lipinski definition) is 0. The molecule has 178 valence electrons. The molecule has 0 amide bonds. The van der Waals surface area contributed by atoms with Crippen molar-refractivity contribution in [3.05, 3.63) is 82.2 Å². The molecule has 0 aliphatic heterocycles. The summed E-state index contributed by atoms with van der Waals surface area (Å²) >= 11 is -0.998. The first-order valence-corrected chi connectivity index (χ1v) is 18.6. The van der Waals surface area contributed by atoms with E-state index < -0.39 is 22.9 Å². The second kappa shape index (κ2) is 12.4. The number of fused-ring (bicyclic) bond motifs is 2. The molecule has 2 unspecified atom stereocenters. The maximum Gasteiger partial charge on any atom is -1.00 e. The Kier molecular flexibility index (Phi) is 9.76. The van der Waals surface area contributed by atoms with Gasteiger partial charge in [0.15, 0.2) is 0 Å². The normalized spacial score (nSPS) is 24.0. The van der Waals surface area contributed by atoms with E-state index in [0.717, 1.165) is 18.7 Å². The average Bonchev–Trinajstić information content (AvgIpc) is 3.43. The third kappa shape index (κ3) is 5.39. The van der Waals surface area contributed by atoms with E-state index in [1.165, 1.54) is 69.8 Å². The minimum absolute atomic E-state index is 0. The number of hydrogen-bond donors (Lipinski definition) is 0. The standard InChI is InChI=1S/C21H28P.C9H7.2ClH.Hf/c1-3-11-19(12-4-1)22(20-13-5-2-6-14-20)21-15-17-9-7-8-10-18(17)16-21;1-2-5-9-7-3-6-8(9)4-1;;;/h7-10,15-16,19-20H,1-6,11-14H2;1-7H;2*1H;/q;;;;+2/p-2. The van der Waals surface area contributed by atoms with Crippen molar-refractivity contribution in [1.82, 2.24) is 0 Å². The fraction of sp³-hybridized carbons (Fsp3) is 0.467. The van der Waals surface area contributed by atoms with Gasteiger partial charge >= 0.3 is 208 Å². The van der Waals surface area contributed by atoms with Crippen LogP contribution in [0.25, 0.3) is 12.2 Å². The quantitative estimate of drug-likeness (QED) is 0.338. The number of benzene rings is 2. The molecular weight excluding hydrogens is 641 g/mol. The van der Waals surface area contributed by atoms with E-state index in [4.69, 9.17) is 0 Å². The SMILES string of the molecule is C1=C[CH]([Hf+2][CH]2C(P(C3CCCCC3)C3CCCCC3)=Cc3ccccc32)c2ccccc21.[Cl-].[Cl-]. The van der Waals surface area contributed by atoms with Gasteiger partial charge in [-0.15, -0.1) is 0 Å². The first-order chi connectivity index (χ1) is 15.9. The molecule has 2 saturated carbocycles. The molecule has 6 rings (SSSR count). The molecule has 0 N–H and O–H groups in total. The van der Waals surface area contributed by atoms with Crippen molar-refractivity contribution in [1.29, 1.82) is 0 Å². The van der Waals surface area contributed by atoms with Gasteiger partial charge in [0.25, 0.3) is 0 Å². The van der Waals surface area contributed by atoms with E-state index in [-0.39, 0.29) is 32.7 Å². The third-order valence-corrected chi connectivity index (χ3v) is 19.3. The monoisotopic (exact) mass is 676 g/mol. The smallest absolute Gasteiger partial charge is 1.00 e. The Balaban J connectivity index is 0.00000137. The van der Waals surface area contributed by atoms with Gasteiger partial charge < -0.3 is 24.8 Å². The van der Waals surface area contributed by atoms with Gasteiger partial charge in [-0.25, -0.2) is 0 Å². The van der Waals surface area contributed by atoms with Crippen molar-refractivity contribution in [3.8, 4) is 0 Å². The van der Waals surface area contributed by atoms with E-state index in [9.17, 15) is 0 Å². The van der Waals surface area contributed by atoms with E-state index in [1.54, 1.807) is 16.7 Å². The fourth-order valence-corrected chi connectivity index (χ4v) is 19.1. The fourth-order valence-electron chi connectivity index (χ4n) is 6.72. The average molecular weight is 676 g/mol. The molecule has 2 aromatic rings. The number of halogens is 2. The van der Waals surface area contributed by atoms with Crippen LogP contribution in [0, 0.1) is 0 Å². The predicted molar refractivity (Wildman–Crippen MR) is 136 cm³/mol. The van der Waals surface area contributed by atoms with Gasteiger partial charge in [-0.2, -0.15) is 0 Å². The van der Waals surface area contributed by atoms with Gasteiger partial charge in [0.05, 0.1) is 0 Å². The van der Waals surface area contributed by atoms with Crippen LogP contribution in [-0.4, -0.2) is 11.3 Å². The predicted octanol–water partition coefficient (Wildman–Crippen LogP) is 3.09. The van der Waals surface area contributed by atoms with Crippen LogP contribution in [0.5, 0.6) is 0 Å². The number of rotatable bonds is 5. The van der Waals surface area contributed by atoms with Crippen molar-refractivity contribution in [2.45, 2.75) is 82.9 Å². The van der Waals surface area contributed by atoms with Crippen molar-refractivity contribution in [2.75, 3.05) is 0 Å². The molecular formula is C30H35Cl2HfP. The first-order valence-electron chi connectivity index (χ1n) is 13.0. The Bertz CT molecular complexity index is 1000. The Hall–Kier alpha value is -0.200. The molecule has 0 heterocycles. The molecule has 0 radical (unpaired) electrons. The summed E-state index contributed by atoms with van der Waals surface area (Å²) in [7, 11) is 0.0144. The van der Waals surface area contributed by atoms with E-state index in [2.05, 4.69) is 66.8 Å². The summed E-state index contributed by atoms with van der Waals surface area (Å²) in [5.41, 5.74) is 8.44. The second-order valence-corrected chi connectivity index (χ2v) is 18.6. The zero-order valence-electron chi connectivity index (χ0n) is 19.9. The first kappa shape index (κ1) is 26.9. The Morgan fingerprint density at radius 1 is 0.647 bits per heavy atom. The molecule has 2 aromatic carbocycles. The summed E-state index contributed by atoms with van der Waals surface area (Å²) < 4.78 is 1.59. The van der Waals surface area contributed by atoms with E-state index >= 15 is 0 Å². The van der Waals surface area contributed by atoms with Gasteiger partial charge in [0.1, 0.15) is 0 Å². The van der Waals surface area contributed by atoms with Crippen molar-refractivity contribution < 1.29 is 47.7 Å². The van der Waals surface area contributed by atoms with Crippen LogP contribution in [0.15, 0.2) is 59.9 Å². The molecule has 0 bridgehead atoms. The summed E-state index contributed by atoms with van der Waals surface area (Å²) in [5, 5.41) is 1.97. The zero-order valence-corrected chi connectivity index (χ0v) is 25.9. The minimum Gasteiger partial charge on any atom is -1.00 e. The third-order valence-electron chi connectivity index (χ3n) is 8.29. The van der Waals surface area contributed by atoms with Crippen LogP contribution in [0.4, 0.5) is 0 Å². The van der Waals surface area contributed by atoms with Gasteiger partial charge in [0, 0.05) is 0 Å². The second-order valence-electron chi connectivity index (χ2n) is 10.3. The van der Waals surface area contributed by atoms with Crippen LogP contribution in [0.2, 0.25) is 0 Å². The van der Waals surface area contributed by atoms with Crippen molar-refractivity contribution in [3.63, 3.8) is 0 Å². The zero-order chi connectivity index (χ0) is 21.3. The largest absolute Gasteiger partial charge is 1.00 e. The topological polar surface area (TPSA) is 0 Å². The van der Waals surface area contributed by atoms with Crippen molar-refractivity contribution >= 4 is 20.1 Å². The van der Waals surface area contributed by atoms with Gasteiger partial charge in [-0.05, 0) is 0 Å². The van der Waals surface area contributed by atoms with Gasteiger partial charge in [-0.3, -0.25) is 0 Å². The molecule has 0 saturated heterocycles. The summed E-state index contributed by atoms with van der Waals surface area (Å²) in [6.07, 6.45) is 22.7. The maximum absolute atomic E-state index is 2.74. The summed E-state index contributed by atoms with van der Waals surface area (Å²) in [6, 6.07) is 18.7.